The lowest BCUT2D eigenvalue weighted by molar-refractivity contribution is -0.325. The summed E-state index contributed by atoms with van der Waals surface area (Å²) in [5, 5.41) is 94.0. The Morgan fingerprint density at radius 1 is 0.756 bits per heavy atom. The Kier molecular flexibility index (Phi) is 35.0. The third-order valence-electron chi connectivity index (χ3n) is 27.5. The van der Waals surface area contributed by atoms with Crippen LogP contribution in [-0.4, -0.2) is 317 Å². The minimum atomic E-state index is -2.81. The van der Waals surface area contributed by atoms with Gasteiger partial charge in [-0.05, 0) is 163 Å². The van der Waals surface area contributed by atoms with Gasteiger partial charge in [-0.1, -0.05) is 111 Å². The molecule has 2 aliphatic carbocycles. The molecule has 1 aromatic rings. The van der Waals surface area contributed by atoms with Gasteiger partial charge in [0.15, 0.2) is 35.4 Å². The maximum absolute atomic E-state index is 15.3. The number of Topliss-reactive ketones (excluding diaryl/α,β-unsaturated/α-hetero) is 2. The number of nitrogens with zero attached hydrogens (tertiary/aromatic N) is 6. The van der Waals surface area contributed by atoms with Crippen LogP contribution in [0.2, 0.25) is 10.0 Å². The molecular formula is C90H134Cl2N12O27. The summed E-state index contributed by atoms with van der Waals surface area (Å²) in [5.41, 5.74) is 1.09. The van der Waals surface area contributed by atoms with Crippen LogP contribution in [0.25, 0.3) is 0 Å². The second kappa shape index (κ2) is 43.3. The van der Waals surface area contributed by atoms with Gasteiger partial charge in [0.1, 0.15) is 60.0 Å². The molecule has 13 N–H and O–H groups in total. The summed E-state index contributed by atoms with van der Waals surface area (Å²) < 4.78 is 28.9. The number of nitrogens with one attached hydrogen (secondary N) is 6. The monoisotopic (exact) mass is 1880 g/mol. The lowest BCUT2D eigenvalue weighted by Gasteiger charge is -2.49. The van der Waals surface area contributed by atoms with E-state index in [-0.39, 0.29) is 97.3 Å². The zero-order chi connectivity index (χ0) is 97.7. The normalized spacial score (nSPS) is 32.7. The van der Waals surface area contributed by atoms with Gasteiger partial charge in [-0.2, -0.15) is 0 Å². The molecule has 7 heterocycles. The van der Waals surface area contributed by atoms with Gasteiger partial charge in [-0.15, -0.1) is 0 Å². The molecule has 0 radical (unpaired) electrons. The minimum absolute atomic E-state index is 0.0854. The van der Waals surface area contributed by atoms with Crippen molar-refractivity contribution in [1.82, 2.24) is 61.9 Å². The Labute approximate surface area is 773 Å². The van der Waals surface area contributed by atoms with Gasteiger partial charge >= 0.3 is 17.9 Å². The number of hydroxylamine groups is 2. The number of carboxylic acid groups (broad SMARTS) is 1. The number of carbonyl (C=O) groups excluding carboxylic acids is 14. The Morgan fingerprint density at radius 3 is 1.98 bits per heavy atom. The SMILES string of the molecule is C/C=C(\C)C(=O)[C@H](/C=C(\C)[C@H]1O[C@@](O)([C@@](O)(CC)C(=O)N[C@@H]2C(=O)N3NCCC[C@@H]3C(=O)N(O)[C@@H](COC)C(=O)N(C)[C@H](C)C(=O)N3CCCC[C@H]3C(=O)N[C@H]([C@H](C)O)C(=O)O[C@H]2C(C)C)CC[C@@H]1C)CC.COC[C@@H]1NC(=O)[C@H]2C[C@@H](C)CNN2C(=O)[C@H](C(C)(C)C)OC(=O)[C@@H](C2(C)CC2)NC(=O)[C@@H]2C[C@@]3(O)c4ccc(Cl)c(Cl)c4C[C@H]3N2C(=O)[C@@H]([C@@H](O)CC(=O)O)CC1=O. The molecule has 1 aromatic carbocycles. The highest BCUT2D eigenvalue weighted by Crippen LogP contribution is 2.54. The number of likely N-dealkylation sites (N-methyl/N-ethyl adjacent to an activating group) is 1. The van der Waals surface area contributed by atoms with Crippen molar-refractivity contribution in [2.24, 2.45) is 40.4 Å². The van der Waals surface area contributed by atoms with Gasteiger partial charge in [0.2, 0.25) is 35.3 Å². The zero-order valence-corrected chi connectivity index (χ0v) is 79.5. The number of ketones is 2. The van der Waals surface area contributed by atoms with E-state index in [1.807, 2.05) is 20.8 Å². The number of hydrogen-bond donors (Lipinski definition) is 13. The van der Waals surface area contributed by atoms with Crippen LogP contribution in [0.4, 0.5) is 0 Å². The lowest BCUT2D eigenvalue weighted by Crippen LogP contribution is -2.71. The highest BCUT2D eigenvalue weighted by Gasteiger charge is 2.64. The number of carbonyl (C=O) groups is 15. The van der Waals surface area contributed by atoms with E-state index in [1.54, 1.807) is 74.5 Å². The van der Waals surface area contributed by atoms with Crippen LogP contribution >= 0.6 is 23.2 Å². The standard InChI is InChI=1S/C50H81N7O15.C40H53Cl2N5O12/c1-13-28(6)39(59)33(14-2)25-30(8)41-29(7)21-22-50(68,72-41)49(67,15-3)48(66)53-38-40(27(4)5)71-47(65)37(32(10)58)52-42(60)34-19-16-17-24-55(34)43(61)31(9)54(11)44(62)36(26-70-12)57(69)45(63)35-20-18-23-51-56(35)46(38)64;1-18-11-24-33(52)44-23(17-58-6)27(49)12-20(26(48)14-29(50)51)35(54)46-25(15-40(57)21-7-8-22(41)30(42)19(21)13-28(40)46)34(53)45-31(39(5)9-10-39)37(56)59-32(38(2,3)4)36(55)47(24)43-16-18/h13,25,27,29,31-38,40-41,51,58,67-69H,14-24,26H2,1-12H3,(H,52,60)(H,53,66);7-8,18,20,23-26,28,31-32,43,48,57H,9-17H2,1-6H3,(H,44,52)(H,45,53)(H,50,51)/b28-13+,30-25+;/t29-,31+,32-,33-,34-,35+,36-,37+,38-,40-,41-,49+,50+;18-,20-,23+,24-,25+,26+,28-,31+,32-,40-/m01/s1. The predicted octanol–water partition coefficient (Wildman–Crippen LogP) is 2.27. The van der Waals surface area contributed by atoms with E-state index in [2.05, 4.69) is 32.1 Å². The van der Waals surface area contributed by atoms with Gasteiger partial charge in [0.05, 0.1) is 60.0 Å². The molecule has 8 fully saturated rings. The number of hydrogen-bond acceptors (Lipinski definition) is 28. The summed E-state index contributed by atoms with van der Waals surface area (Å²) in [7, 11) is 3.78. The minimum Gasteiger partial charge on any atom is -0.481 e. The molecule has 0 bridgehead atoms. The van der Waals surface area contributed by atoms with Gasteiger partial charge in [0.25, 0.3) is 29.5 Å². The number of amides is 10. The van der Waals surface area contributed by atoms with Crippen molar-refractivity contribution in [2.45, 2.75) is 321 Å². The number of piperidine rings is 1. The fourth-order valence-corrected chi connectivity index (χ4v) is 19.3. The van der Waals surface area contributed by atoms with Gasteiger partial charge < -0.3 is 90.3 Å². The highest BCUT2D eigenvalue weighted by molar-refractivity contribution is 6.42. The van der Waals surface area contributed by atoms with E-state index in [0.717, 1.165) is 19.8 Å². The number of aliphatic hydroxyl groups excluding tert-OH is 2. The van der Waals surface area contributed by atoms with Gasteiger partial charge in [-0.25, -0.2) is 25.5 Å². The van der Waals surface area contributed by atoms with Crippen LogP contribution < -0.4 is 32.1 Å². The molecule has 10 rings (SSSR count). The van der Waals surface area contributed by atoms with Crippen molar-refractivity contribution in [1.29, 1.82) is 0 Å². The molecule has 1 saturated carbocycles. The number of halogens is 2. The lowest BCUT2D eigenvalue weighted by atomic mass is 9.78. The van der Waals surface area contributed by atoms with E-state index in [9.17, 15) is 98.2 Å². The number of rotatable bonds is 19. The molecule has 0 spiro atoms. The van der Waals surface area contributed by atoms with Crippen molar-refractivity contribution < 1.29 is 131 Å². The first kappa shape index (κ1) is 106. The first-order valence-electron chi connectivity index (χ1n) is 45.2. The van der Waals surface area contributed by atoms with E-state index in [0.29, 0.717) is 54.4 Å². The molecule has 41 heteroatoms. The molecular weight excluding hydrogens is 1750 g/mol. The Bertz CT molecular complexity index is 4540. The molecule has 7 aliphatic heterocycles. The topological polar surface area (TPSA) is 535 Å². The number of benzene rings is 1. The smallest absolute Gasteiger partial charge is 0.331 e. The predicted molar refractivity (Wildman–Crippen MR) is 469 cm³/mol. The molecule has 39 nitrogen and oxygen atoms in total. The summed E-state index contributed by atoms with van der Waals surface area (Å²) in [4.78, 5) is 217. The molecule has 23 atom stereocenters. The summed E-state index contributed by atoms with van der Waals surface area (Å²) >= 11 is 12.9. The number of aliphatic carboxylic acids is 1. The van der Waals surface area contributed by atoms with Gasteiger partial charge in [-0.3, -0.25) is 77.6 Å². The summed E-state index contributed by atoms with van der Waals surface area (Å²) in [6.07, 6.45) is -4.04. The van der Waals surface area contributed by atoms with Crippen molar-refractivity contribution in [3.63, 3.8) is 0 Å². The van der Waals surface area contributed by atoms with Crippen LogP contribution in [0.15, 0.2) is 35.4 Å². The first-order chi connectivity index (χ1) is 61.3. The van der Waals surface area contributed by atoms with Crippen molar-refractivity contribution >= 4 is 112 Å². The quantitative estimate of drug-likeness (QED) is 0.0409. The van der Waals surface area contributed by atoms with Crippen LogP contribution in [0, 0.1) is 40.4 Å². The number of allylic oxidation sites excluding steroid dienone is 3. The van der Waals surface area contributed by atoms with Crippen molar-refractivity contribution in [2.75, 3.05) is 54.1 Å². The number of hydrazine groups is 2. The summed E-state index contributed by atoms with van der Waals surface area (Å²) in [6, 6.07) is -13.3. The largest absolute Gasteiger partial charge is 0.481 e. The molecule has 0 aromatic heterocycles. The summed E-state index contributed by atoms with van der Waals surface area (Å²) in [5.74, 6) is -20.2. The van der Waals surface area contributed by atoms with Crippen LogP contribution in [0.3, 0.4) is 0 Å². The zero-order valence-electron chi connectivity index (χ0n) is 78.0. The summed E-state index contributed by atoms with van der Waals surface area (Å²) in [6.45, 7) is 24.3. The number of fused-ring (bicyclic) bond motifs is 8. The number of cyclic esters (lactones) is 2. The fraction of sp³-hybridized carbons (Fsp3) is 0.722. The van der Waals surface area contributed by atoms with E-state index >= 15 is 9.59 Å². The van der Waals surface area contributed by atoms with Crippen LogP contribution in [-0.2, 0) is 108 Å². The molecule has 730 valence electrons. The average Bonchev–Trinajstić information content (AvgIpc) is 1.54. The number of ether oxygens (including phenoxy) is 5. The maximum atomic E-state index is 15.3. The molecule has 10 amide bonds. The van der Waals surface area contributed by atoms with Crippen molar-refractivity contribution in [3.8, 4) is 0 Å². The third kappa shape index (κ3) is 22.6. The number of aliphatic hydroxyl groups is 5. The second-order valence-electron chi connectivity index (χ2n) is 38.4. The Hall–Kier alpha value is -8.71. The molecule has 131 heavy (non-hydrogen) atoms. The number of carboxylic acids is 1. The fourth-order valence-electron chi connectivity index (χ4n) is 18.9. The van der Waals surface area contributed by atoms with Crippen molar-refractivity contribution in [3.05, 3.63) is 56.6 Å². The number of esters is 2. The van der Waals surface area contributed by atoms with E-state index < -0.39 is 264 Å². The first-order valence-corrected chi connectivity index (χ1v) is 46.0. The maximum Gasteiger partial charge on any atom is 0.331 e. The third-order valence-corrected chi connectivity index (χ3v) is 28.3. The number of methoxy groups -OCH3 is 2. The van der Waals surface area contributed by atoms with Gasteiger partial charge in [0, 0.05) is 71.5 Å². The molecule has 9 aliphatic rings. The molecule has 0 unspecified atom stereocenters. The second-order valence-corrected chi connectivity index (χ2v) is 39.2. The average molecular weight is 1890 g/mol. The van der Waals surface area contributed by atoms with Crippen LogP contribution in [0.5, 0.6) is 0 Å². The van der Waals surface area contributed by atoms with Crippen LogP contribution in [0.1, 0.15) is 211 Å². The highest BCUT2D eigenvalue weighted by atomic mass is 35.5. The Morgan fingerprint density at radius 2 is 1.39 bits per heavy atom. The molecule has 7 saturated heterocycles. The van der Waals surface area contributed by atoms with E-state index in [4.69, 9.17) is 46.9 Å². The van der Waals surface area contributed by atoms with E-state index in [1.165, 1.54) is 59.1 Å². The Balaban J connectivity index is 0.000000300.